The van der Waals surface area contributed by atoms with Crippen LogP contribution in [0.15, 0.2) is 36.9 Å². The number of ether oxygens (including phenoxy) is 1. The van der Waals surface area contributed by atoms with Crippen LogP contribution in [0.5, 0.6) is 5.75 Å². The average molecular weight is 383 g/mol. The highest BCUT2D eigenvalue weighted by molar-refractivity contribution is 7.16. The van der Waals surface area contributed by atoms with E-state index in [9.17, 15) is 9.59 Å². The highest BCUT2D eigenvalue weighted by atomic mass is 32.1. The summed E-state index contributed by atoms with van der Waals surface area (Å²) in [6.07, 6.45) is 6.00. The summed E-state index contributed by atoms with van der Waals surface area (Å²) in [5.41, 5.74) is 1.73. The molecule has 4 rings (SSSR count). The molecule has 27 heavy (non-hydrogen) atoms. The topological polar surface area (TPSA) is 62.7 Å². The van der Waals surface area contributed by atoms with Gasteiger partial charge in [-0.15, -0.1) is 17.9 Å². The normalized spacial score (nSPS) is 15.6. The van der Waals surface area contributed by atoms with Crippen LogP contribution >= 0.6 is 11.3 Å². The molecule has 0 atom stereocenters. The fourth-order valence-electron chi connectivity index (χ4n) is 3.42. The molecule has 2 amide bonds. The Bertz CT molecular complexity index is 869. The number of carbonyl (C=O) groups excluding carboxylic acids is 2. The number of carbonyl (C=O) groups is 2. The lowest BCUT2D eigenvalue weighted by molar-refractivity contribution is -0.124. The fourth-order valence-corrected chi connectivity index (χ4v) is 4.59. The van der Waals surface area contributed by atoms with Gasteiger partial charge in [-0.05, 0) is 37.8 Å². The molecular formula is C20H21N3O3S. The summed E-state index contributed by atoms with van der Waals surface area (Å²) >= 11 is 1.58. The Morgan fingerprint density at radius 2 is 2.15 bits per heavy atom. The number of amides is 2. The van der Waals surface area contributed by atoms with Gasteiger partial charge in [0.2, 0.25) is 5.91 Å². The number of anilines is 2. The number of fused-ring (bicyclic) bond motifs is 2. The Balaban J connectivity index is 1.59. The van der Waals surface area contributed by atoms with Crippen molar-refractivity contribution in [2.75, 3.05) is 29.5 Å². The average Bonchev–Trinajstić information content (AvgIpc) is 3.12. The molecule has 1 aromatic carbocycles. The Morgan fingerprint density at radius 1 is 1.33 bits per heavy atom. The predicted octanol–water partition coefficient (Wildman–Crippen LogP) is 2.97. The van der Waals surface area contributed by atoms with Gasteiger partial charge in [0.05, 0.1) is 11.4 Å². The largest absolute Gasteiger partial charge is 0.482 e. The predicted molar refractivity (Wildman–Crippen MR) is 106 cm³/mol. The molecule has 0 spiro atoms. The second kappa shape index (κ2) is 7.52. The van der Waals surface area contributed by atoms with E-state index in [4.69, 9.17) is 9.72 Å². The van der Waals surface area contributed by atoms with E-state index in [1.165, 1.54) is 16.2 Å². The van der Waals surface area contributed by atoms with Gasteiger partial charge in [-0.2, -0.15) is 0 Å². The molecular weight excluding hydrogens is 362 g/mol. The summed E-state index contributed by atoms with van der Waals surface area (Å²) in [7, 11) is 0. The van der Waals surface area contributed by atoms with Crippen LogP contribution in [0.3, 0.4) is 0 Å². The van der Waals surface area contributed by atoms with Crippen molar-refractivity contribution in [1.82, 2.24) is 4.98 Å². The van der Waals surface area contributed by atoms with Gasteiger partial charge in [0, 0.05) is 11.4 Å². The standard InChI is InChI=1S/C20H21N3O3S/c1-2-11-22(20-21-14-7-3-6-10-17(14)27-20)18(24)12-23-15-8-4-5-9-16(15)26-13-19(23)25/h2,4-5,8-9H,1,3,6-7,10-13H2. The van der Waals surface area contributed by atoms with Crippen molar-refractivity contribution < 1.29 is 14.3 Å². The maximum atomic E-state index is 13.1. The monoisotopic (exact) mass is 383 g/mol. The lowest BCUT2D eigenvalue weighted by Crippen LogP contribution is -2.46. The van der Waals surface area contributed by atoms with Crippen LogP contribution in [0.2, 0.25) is 0 Å². The molecule has 0 N–H and O–H groups in total. The molecule has 1 aromatic heterocycles. The number of nitrogens with zero attached hydrogens (tertiary/aromatic N) is 3. The molecule has 0 unspecified atom stereocenters. The molecule has 7 heteroatoms. The van der Waals surface area contributed by atoms with Crippen molar-refractivity contribution >= 4 is 34.0 Å². The Morgan fingerprint density at radius 3 is 2.96 bits per heavy atom. The van der Waals surface area contributed by atoms with Gasteiger partial charge < -0.3 is 4.74 Å². The third-order valence-corrected chi connectivity index (χ3v) is 5.96. The Hall–Kier alpha value is -2.67. The van der Waals surface area contributed by atoms with E-state index in [1.807, 2.05) is 12.1 Å². The first-order valence-corrected chi connectivity index (χ1v) is 9.91. The van der Waals surface area contributed by atoms with Gasteiger partial charge in [-0.1, -0.05) is 18.2 Å². The molecule has 6 nitrogen and oxygen atoms in total. The van der Waals surface area contributed by atoms with E-state index in [-0.39, 0.29) is 25.0 Å². The third kappa shape index (κ3) is 3.47. The van der Waals surface area contributed by atoms with Crippen molar-refractivity contribution in [2.45, 2.75) is 25.7 Å². The zero-order chi connectivity index (χ0) is 18.8. The van der Waals surface area contributed by atoms with Gasteiger partial charge >= 0.3 is 0 Å². The van der Waals surface area contributed by atoms with E-state index >= 15 is 0 Å². The summed E-state index contributed by atoms with van der Waals surface area (Å²) < 4.78 is 5.45. The zero-order valence-electron chi connectivity index (χ0n) is 15.0. The Labute approximate surface area is 162 Å². The van der Waals surface area contributed by atoms with E-state index < -0.39 is 0 Å². The van der Waals surface area contributed by atoms with Crippen LogP contribution in [-0.2, 0) is 22.4 Å². The lowest BCUT2D eigenvalue weighted by atomic mass is 10.0. The third-order valence-electron chi connectivity index (χ3n) is 4.78. The second-order valence-electron chi connectivity index (χ2n) is 6.60. The van der Waals surface area contributed by atoms with Gasteiger partial charge in [-0.25, -0.2) is 4.98 Å². The second-order valence-corrected chi connectivity index (χ2v) is 7.66. The maximum Gasteiger partial charge on any atom is 0.265 e. The van der Waals surface area contributed by atoms with Crippen LogP contribution in [0.25, 0.3) is 0 Å². The molecule has 1 aliphatic carbocycles. The minimum atomic E-state index is -0.223. The van der Waals surface area contributed by atoms with Gasteiger partial charge in [0.25, 0.3) is 5.91 Å². The van der Waals surface area contributed by atoms with Crippen molar-refractivity contribution in [1.29, 1.82) is 0 Å². The first-order valence-electron chi connectivity index (χ1n) is 9.09. The minimum Gasteiger partial charge on any atom is -0.482 e. The molecule has 0 bridgehead atoms. The summed E-state index contributed by atoms with van der Waals surface area (Å²) in [6, 6.07) is 7.27. The van der Waals surface area contributed by atoms with E-state index in [1.54, 1.807) is 34.4 Å². The van der Waals surface area contributed by atoms with E-state index in [0.29, 0.717) is 23.1 Å². The molecule has 0 saturated heterocycles. The van der Waals surface area contributed by atoms with Gasteiger partial charge in [0.15, 0.2) is 11.7 Å². The molecule has 0 saturated carbocycles. The molecule has 140 valence electrons. The highest BCUT2D eigenvalue weighted by Crippen LogP contribution is 2.33. The lowest BCUT2D eigenvalue weighted by Gasteiger charge is -2.30. The number of aromatic nitrogens is 1. The Kier molecular flexibility index (Phi) is 4.94. The number of aryl methyl sites for hydroxylation is 2. The van der Waals surface area contributed by atoms with Crippen LogP contribution in [-0.4, -0.2) is 36.5 Å². The quantitative estimate of drug-likeness (QED) is 0.745. The van der Waals surface area contributed by atoms with Crippen molar-refractivity contribution in [3.63, 3.8) is 0 Å². The summed E-state index contributed by atoms with van der Waals surface area (Å²) in [4.78, 5) is 34.5. The minimum absolute atomic E-state index is 0.0444. The number of hydrogen-bond donors (Lipinski definition) is 0. The number of hydrogen-bond acceptors (Lipinski definition) is 5. The van der Waals surface area contributed by atoms with Crippen LogP contribution in [0.1, 0.15) is 23.4 Å². The molecule has 2 heterocycles. The zero-order valence-corrected chi connectivity index (χ0v) is 15.8. The van der Waals surface area contributed by atoms with E-state index in [2.05, 4.69) is 6.58 Å². The van der Waals surface area contributed by atoms with E-state index in [0.717, 1.165) is 25.0 Å². The van der Waals surface area contributed by atoms with Gasteiger partial charge in [-0.3, -0.25) is 19.4 Å². The van der Waals surface area contributed by atoms with Crippen molar-refractivity contribution in [2.24, 2.45) is 0 Å². The van der Waals surface area contributed by atoms with Crippen molar-refractivity contribution in [3.05, 3.63) is 47.5 Å². The summed E-state index contributed by atoms with van der Waals surface area (Å²) in [5.74, 6) is 0.218. The van der Waals surface area contributed by atoms with Crippen LogP contribution < -0.4 is 14.5 Å². The smallest absolute Gasteiger partial charge is 0.265 e. The first kappa shape index (κ1) is 17.7. The summed E-state index contributed by atoms with van der Waals surface area (Å²) in [6.45, 7) is 4.03. The number of rotatable bonds is 5. The summed E-state index contributed by atoms with van der Waals surface area (Å²) in [5, 5.41) is 0.695. The maximum absolute atomic E-state index is 13.1. The molecule has 1 aliphatic heterocycles. The van der Waals surface area contributed by atoms with Crippen molar-refractivity contribution in [3.8, 4) is 5.75 Å². The van der Waals surface area contributed by atoms with Gasteiger partial charge in [0.1, 0.15) is 12.3 Å². The van der Waals surface area contributed by atoms with Crippen LogP contribution in [0, 0.1) is 0 Å². The highest BCUT2D eigenvalue weighted by Gasteiger charge is 2.30. The molecule has 2 aromatic rings. The fraction of sp³-hybridized carbons (Fsp3) is 0.350. The first-order chi connectivity index (χ1) is 13.2. The number of benzene rings is 1. The SMILES string of the molecule is C=CCN(C(=O)CN1C(=O)COc2ccccc21)c1nc2c(s1)CCCC2. The molecule has 2 aliphatic rings. The number of thiazole rings is 1. The van der Waals surface area contributed by atoms with Crippen LogP contribution in [0.4, 0.5) is 10.8 Å². The number of para-hydroxylation sites is 2. The molecule has 0 fully saturated rings. The molecule has 0 radical (unpaired) electrons.